The second kappa shape index (κ2) is 69.7. The summed E-state index contributed by atoms with van der Waals surface area (Å²) in [6.07, 6.45) is 70.1. The summed E-state index contributed by atoms with van der Waals surface area (Å²) < 4.78 is 68.4. The first kappa shape index (κ1) is 92.2. The summed E-state index contributed by atoms with van der Waals surface area (Å²) >= 11 is 0. The molecule has 3 N–H and O–H groups in total. The van der Waals surface area contributed by atoms with Crippen LogP contribution in [0, 0.1) is 0 Å². The maximum atomic E-state index is 13.1. The van der Waals surface area contributed by atoms with E-state index in [0.717, 1.165) is 186 Å². The van der Waals surface area contributed by atoms with E-state index in [2.05, 4.69) is 113 Å². The largest absolute Gasteiger partial charge is 0.472 e. The lowest BCUT2D eigenvalue weighted by atomic mass is 10.1. The number of carbonyl (C=O) groups is 4. The maximum absolute atomic E-state index is 13.1. The quantitative estimate of drug-likeness (QED) is 0.0169. The Morgan fingerprint density at radius 1 is 0.292 bits per heavy atom. The zero-order chi connectivity index (χ0) is 70.4. The van der Waals surface area contributed by atoms with Gasteiger partial charge in [-0.2, -0.15) is 0 Å². The van der Waals surface area contributed by atoms with Gasteiger partial charge in [0.1, 0.15) is 19.3 Å². The molecule has 0 radical (unpaired) electrons. The second-order valence-electron chi connectivity index (χ2n) is 25.2. The Labute approximate surface area is 583 Å². The minimum atomic E-state index is -4.97. The molecule has 0 aromatic carbocycles. The Bertz CT molecular complexity index is 2160. The zero-order valence-electron chi connectivity index (χ0n) is 60.5. The third kappa shape index (κ3) is 68.8. The molecule has 0 aliphatic carbocycles. The molecule has 5 atom stereocenters. The number of aliphatic hydroxyl groups excluding tert-OH is 1. The van der Waals surface area contributed by atoms with Crippen molar-refractivity contribution in [3.05, 3.63) is 85.1 Å². The van der Waals surface area contributed by atoms with Gasteiger partial charge < -0.3 is 33.8 Å². The highest BCUT2D eigenvalue weighted by molar-refractivity contribution is 7.47. The van der Waals surface area contributed by atoms with Crippen LogP contribution < -0.4 is 0 Å². The molecular formula is C77H136O17P2. The van der Waals surface area contributed by atoms with Gasteiger partial charge in [-0.25, -0.2) is 9.13 Å². The third-order valence-corrected chi connectivity index (χ3v) is 17.7. The van der Waals surface area contributed by atoms with Crippen molar-refractivity contribution in [2.75, 3.05) is 39.6 Å². The van der Waals surface area contributed by atoms with Crippen LogP contribution in [0.4, 0.5) is 0 Å². The molecule has 0 aliphatic rings. The predicted octanol–water partition coefficient (Wildman–Crippen LogP) is 21.4. The molecule has 0 amide bonds. The number of carbonyl (C=O) groups excluding carboxylic acids is 4. The molecule has 0 aliphatic heterocycles. The SMILES string of the molecule is CCC/C=C\C/C=C\CCCCCCCC(=O)OCC(COP(=O)(O)OCC(O)COP(=O)(O)OCC(COC(=O)CCCCCCCC/C=C\C/C=C\C/C=C\CCCCC)OC(=O)CCCCCCCCCCCCC)OC(=O)CCCCCCC/C=C\C/C=C\CCC. The molecular weight excluding hydrogens is 1260 g/mol. The van der Waals surface area contributed by atoms with E-state index in [0.29, 0.717) is 25.7 Å². The molecule has 0 aromatic rings. The molecule has 0 rings (SSSR count). The number of hydrogen-bond acceptors (Lipinski definition) is 15. The van der Waals surface area contributed by atoms with Gasteiger partial charge in [0.15, 0.2) is 12.2 Å². The summed E-state index contributed by atoms with van der Waals surface area (Å²) in [5, 5.41) is 10.6. The highest BCUT2D eigenvalue weighted by atomic mass is 31.2. The highest BCUT2D eigenvalue weighted by Crippen LogP contribution is 2.45. The topological polar surface area (TPSA) is 237 Å². The van der Waals surface area contributed by atoms with Crippen LogP contribution in [-0.2, 0) is 65.4 Å². The summed E-state index contributed by atoms with van der Waals surface area (Å²) in [7, 11) is -9.94. The Hall–Kier alpha value is -3.76. The van der Waals surface area contributed by atoms with E-state index in [1.54, 1.807) is 0 Å². The molecule has 5 unspecified atom stereocenters. The van der Waals surface area contributed by atoms with E-state index in [9.17, 15) is 43.2 Å². The van der Waals surface area contributed by atoms with Gasteiger partial charge in [0.05, 0.1) is 26.4 Å². The fourth-order valence-electron chi connectivity index (χ4n) is 10.0. The number of hydrogen-bond donors (Lipinski definition) is 3. The molecule has 0 spiro atoms. The third-order valence-electron chi connectivity index (χ3n) is 15.8. The molecule has 96 heavy (non-hydrogen) atoms. The van der Waals surface area contributed by atoms with Gasteiger partial charge in [0, 0.05) is 25.7 Å². The van der Waals surface area contributed by atoms with Crippen molar-refractivity contribution in [3.63, 3.8) is 0 Å². The first-order chi connectivity index (χ1) is 46.7. The smallest absolute Gasteiger partial charge is 0.462 e. The van der Waals surface area contributed by atoms with Crippen molar-refractivity contribution >= 4 is 39.5 Å². The maximum Gasteiger partial charge on any atom is 0.472 e. The van der Waals surface area contributed by atoms with E-state index >= 15 is 0 Å². The monoisotopic (exact) mass is 1390 g/mol. The molecule has 0 saturated carbocycles. The lowest BCUT2D eigenvalue weighted by Crippen LogP contribution is -2.30. The van der Waals surface area contributed by atoms with E-state index in [1.165, 1.54) is 57.8 Å². The van der Waals surface area contributed by atoms with Crippen LogP contribution in [0.25, 0.3) is 0 Å². The van der Waals surface area contributed by atoms with E-state index in [1.807, 2.05) is 0 Å². The van der Waals surface area contributed by atoms with Crippen LogP contribution >= 0.6 is 15.6 Å². The number of allylic oxidation sites excluding steroid dienone is 14. The number of aliphatic hydroxyl groups is 1. The average molecular weight is 1400 g/mol. The number of phosphoric ester groups is 2. The van der Waals surface area contributed by atoms with Crippen LogP contribution in [0.15, 0.2) is 85.1 Å². The first-order valence-corrected chi connectivity index (χ1v) is 40.8. The number of ether oxygens (including phenoxy) is 4. The minimum Gasteiger partial charge on any atom is -0.462 e. The second-order valence-corrected chi connectivity index (χ2v) is 28.1. The van der Waals surface area contributed by atoms with Crippen molar-refractivity contribution < 1.29 is 80.2 Å². The number of esters is 4. The van der Waals surface area contributed by atoms with Gasteiger partial charge in [-0.05, 0) is 116 Å². The average Bonchev–Trinajstić information content (AvgIpc) is 1.28. The Kier molecular flexibility index (Phi) is 67.0. The van der Waals surface area contributed by atoms with Crippen LogP contribution in [0.1, 0.15) is 323 Å². The molecule has 0 bridgehead atoms. The van der Waals surface area contributed by atoms with E-state index in [-0.39, 0.29) is 25.7 Å². The summed E-state index contributed by atoms with van der Waals surface area (Å²) in [6.45, 7) is 4.68. The Morgan fingerprint density at radius 2 is 0.531 bits per heavy atom. The van der Waals surface area contributed by atoms with Gasteiger partial charge in [0.25, 0.3) is 0 Å². The van der Waals surface area contributed by atoms with E-state index in [4.69, 9.17) is 37.0 Å². The molecule has 0 saturated heterocycles. The molecule has 17 nitrogen and oxygen atoms in total. The highest BCUT2D eigenvalue weighted by Gasteiger charge is 2.30. The fourth-order valence-corrected chi connectivity index (χ4v) is 11.6. The van der Waals surface area contributed by atoms with E-state index < -0.39 is 97.5 Å². The van der Waals surface area contributed by atoms with Gasteiger partial charge in [-0.15, -0.1) is 0 Å². The van der Waals surface area contributed by atoms with Crippen molar-refractivity contribution in [3.8, 4) is 0 Å². The Morgan fingerprint density at radius 3 is 0.844 bits per heavy atom. The summed E-state index contributed by atoms with van der Waals surface area (Å²) in [5.74, 6) is -2.20. The van der Waals surface area contributed by atoms with Gasteiger partial charge in [-0.1, -0.05) is 267 Å². The molecule has 0 fully saturated rings. The summed E-state index contributed by atoms with van der Waals surface area (Å²) in [6, 6.07) is 0. The number of rotatable bonds is 71. The van der Waals surface area contributed by atoms with Gasteiger partial charge >= 0.3 is 39.5 Å². The normalized spacial score (nSPS) is 14.4. The molecule has 19 heteroatoms. The van der Waals surface area contributed by atoms with Crippen LogP contribution in [0.3, 0.4) is 0 Å². The number of unbranched alkanes of at least 4 members (excludes halogenated alkanes) is 31. The summed E-state index contributed by atoms with van der Waals surface area (Å²) in [4.78, 5) is 72.7. The molecule has 556 valence electrons. The van der Waals surface area contributed by atoms with Crippen molar-refractivity contribution in [2.45, 2.75) is 341 Å². The fraction of sp³-hybridized carbons (Fsp3) is 0.766. The van der Waals surface area contributed by atoms with Crippen molar-refractivity contribution in [2.24, 2.45) is 0 Å². The molecule has 0 aromatic heterocycles. The standard InChI is InChI=1S/C77H136O17P2/c1-5-9-13-17-21-25-29-32-33-34-35-36-37-40-43-46-50-54-58-62-75(80)88-67-72(93-76(81)63-59-55-51-47-41-28-24-20-16-12-8-4)69-91-95(83,84)89-65-71(78)66-90-96(85,86)92-70-73(94-77(82)64-60-56-52-48-44-39-31-27-23-19-15-11-7-3)68-87-74(79)61-57-53-49-45-42-38-30-26-22-18-14-10-6-2/h14-15,18-19,21,25-27,30-33,35-36,71-73,78H,5-13,16-17,20,22-24,28-29,34,37-70H2,1-4H3,(H,83,84)(H,85,86)/b18-14-,19-15-,25-21-,30-26-,31-27-,33-32-,36-35-. The lowest BCUT2D eigenvalue weighted by Gasteiger charge is -2.21. The Balaban J connectivity index is 5.30. The zero-order valence-corrected chi connectivity index (χ0v) is 62.3. The van der Waals surface area contributed by atoms with Gasteiger partial charge in [-0.3, -0.25) is 37.3 Å². The van der Waals surface area contributed by atoms with Crippen LogP contribution in [0.5, 0.6) is 0 Å². The molecule has 0 heterocycles. The lowest BCUT2D eigenvalue weighted by molar-refractivity contribution is -0.161. The summed E-state index contributed by atoms with van der Waals surface area (Å²) in [5.41, 5.74) is 0. The number of phosphoric acid groups is 2. The first-order valence-electron chi connectivity index (χ1n) is 37.8. The van der Waals surface area contributed by atoms with Crippen molar-refractivity contribution in [1.82, 2.24) is 0 Å². The predicted molar refractivity (Wildman–Crippen MR) is 390 cm³/mol. The van der Waals surface area contributed by atoms with Crippen LogP contribution in [-0.4, -0.2) is 96.7 Å². The van der Waals surface area contributed by atoms with Crippen molar-refractivity contribution in [1.29, 1.82) is 0 Å². The van der Waals surface area contributed by atoms with Gasteiger partial charge in [0.2, 0.25) is 0 Å². The van der Waals surface area contributed by atoms with Crippen LogP contribution in [0.2, 0.25) is 0 Å². The minimum absolute atomic E-state index is 0.0768.